The highest BCUT2D eigenvalue weighted by Crippen LogP contribution is 2.06. The van der Waals surface area contributed by atoms with Crippen molar-refractivity contribution in [1.29, 1.82) is 0 Å². The summed E-state index contributed by atoms with van der Waals surface area (Å²) in [6, 6.07) is -0.665. The fourth-order valence-electron chi connectivity index (χ4n) is 0.665. The molecule has 6 heteroatoms. The van der Waals surface area contributed by atoms with Crippen LogP contribution in [0.2, 0.25) is 0 Å². The first kappa shape index (κ1) is 17.3. The summed E-state index contributed by atoms with van der Waals surface area (Å²) in [6.45, 7) is 5.75. The van der Waals surface area contributed by atoms with E-state index in [1.54, 1.807) is 0 Å². The quantitative estimate of drug-likeness (QED) is 0.683. The Morgan fingerprint density at radius 1 is 1.44 bits per heavy atom. The molecule has 16 heavy (non-hydrogen) atoms. The molecular formula is C10H22N2O4. The average Bonchev–Trinajstić information content (AvgIpc) is 2.25. The van der Waals surface area contributed by atoms with Crippen molar-refractivity contribution in [2.75, 3.05) is 20.8 Å². The van der Waals surface area contributed by atoms with Gasteiger partial charge in [0.2, 0.25) is 0 Å². The molecule has 0 saturated carbocycles. The second kappa shape index (κ2) is 9.11. The Bertz CT molecular complexity index is 201. The van der Waals surface area contributed by atoms with Crippen LogP contribution in [0.4, 0.5) is 4.79 Å². The lowest BCUT2D eigenvalue weighted by atomic mass is 10.2. The fraction of sp³-hybridized carbons (Fsp3) is 0.800. The average molecular weight is 234 g/mol. The number of hydrogen-bond donors (Lipinski definition) is 2. The van der Waals surface area contributed by atoms with E-state index in [2.05, 4.69) is 15.8 Å². The third kappa shape index (κ3) is 10.9. The number of carbonyl (C=O) groups is 2. The highest BCUT2D eigenvalue weighted by Gasteiger charge is 2.16. The molecule has 0 heterocycles. The van der Waals surface area contributed by atoms with E-state index in [1.807, 2.05) is 20.8 Å². The van der Waals surface area contributed by atoms with Gasteiger partial charge in [-0.1, -0.05) is 0 Å². The van der Waals surface area contributed by atoms with Crippen molar-refractivity contribution < 1.29 is 19.1 Å². The van der Waals surface area contributed by atoms with E-state index in [-0.39, 0.29) is 12.2 Å². The van der Waals surface area contributed by atoms with Crippen molar-refractivity contribution >= 4 is 12.4 Å². The van der Waals surface area contributed by atoms with Gasteiger partial charge in [0.1, 0.15) is 12.3 Å². The third-order valence-corrected chi connectivity index (χ3v) is 1.35. The molecule has 0 aromatic heterocycles. The number of carbonyl (C=O) groups excluding carboxylic acids is 2. The maximum Gasteiger partial charge on any atom is 0.407 e. The molecule has 0 aromatic carbocycles. The summed E-state index contributed by atoms with van der Waals surface area (Å²) in [4.78, 5) is 21.3. The van der Waals surface area contributed by atoms with Crippen LogP contribution in [-0.4, -0.2) is 44.8 Å². The number of rotatable bonds is 4. The highest BCUT2D eigenvalue weighted by atomic mass is 16.5. The SMILES string of the molecule is CN.COC(=O)NC(C=O)COC(C)(C)C. The van der Waals surface area contributed by atoms with Crippen molar-refractivity contribution in [3.05, 3.63) is 0 Å². The van der Waals surface area contributed by atoms with E-state index >= 15 is 0 Å². The van der Waals surface area contributed by atoms with E-state index < -0.39 is 12.1 Å². The van der Waals surface area contributed by atoms with Crippen molar-refractivity contribution in [3.63, 3.8) is 0 Å². The standard InChI is InChI=1S/C9H17NO4.CH5N/c1-9(2,3)14-6-7(5-11)10-8(12)13-4;1-2/h5,7H,6H2,1-4H3,(H,10,12);2H2,1H3. The molecule has 1 unspecified atom stereocenters. The lowest BCUT2D eigenvalue weighted by Gasteiger charge is -2.22. The topological polar surface area (TPSA) is 90.6 Å². The minimum atomic E-state index is -0.665. The van der Waals surface area contributed by atoms with E-state index in [9.17, 15) is 9.59 Å². The number of methoxy groups -OCH3 is 1. The molecule has 0 spiro atoms. The molecule has 1 atom stereocenters. The number of nitrogens with one attached hydrogen (secondary N) is 1. The molecule has 0 radical (unpaired) electrons. The molecule has 6 nitrogen and oxygen atoms in total. The first-order valence-corrected chi connectivity index (χ1v) is 4.90. The summed E-state index contributed by atoms with van der Waals surface area (Å²) >= 11 is 0. The zero-order chi connectivity index (χ0) is 13.2. The molecule has 96 valence electrons. The summed E-state index contributed by atoms with van der Waals surface area (Å²) < 4.78 is 9.68. The largest absolute Gasteiger partial charge is 0.453 e. The Labute approximate surface area is 96.5 Å². The normalized spacial score (nSPS) is 11.9. The number of nitrogens with two attached hydrogens (primary N) is 1. The molecule has 0 aromatic rings. The van der Waals surface area contributed by atoms with Gasteiger partial charge in [0.25, 0.3) is 0 Å². The number of hydrogen-bond acceptors (Lipinski definition) is 5. The van der Waals surface area contributed by atoms with Crippen LogP contribution < -0.4 is 11.1 Å². The van der Waals surface area contributed by atoms with Gasteiger partial charge in [-0.15, -0.1) is 0 Å². The van der Waals surface area contributed by atoms with Crippen molar-refractivity contribution in [2.24, 2.45) is 5.73 Å². The Morgan fingerprint density at radius 2 is 1.94 bits per heavy atom. The number of ether oxygens (including phenoxy) is 2. The highest BCUT2D eigenvalue weighted by molar-refractivity contribution is 5.72. The molecule has 0 aliphatic rings. The van der Waals surface area contributed by atoms with Crippen LogP contribution in [-0.2, 0) is 14.3 Å². The zero-order valence-electron chi connectivity index (χ0n) is 10.6. The fourth-order valence-corrected chi connectivity index (χ4v) is 0.665. The van der Waals surface area contributed by atoms with E-state index in [1.165, 1.54) is 14.2 Å². The molecular weight excluding hydrogens is 212 g/mol. The van der Waals surface area contributed by atoms with Crippen LogP contribution >= 0.6 is 0 Å². The van der Waals surface area contributed by atoms with E-state index in [0.29, 0.717) is 6.29 Å². The van der Waals surface area contributed by atoms with Crippen molar-refractivity contribution in [2.45, 2.75) is 32.4 Å². The third-order valence-electron chi connectivity index (χ3n) is 1.35. The first-order chi connectivity index (χ1) is 7.39. The van der Waals surface area contributed by atoms with Crippen LogP contribution in [0.1, 0.15) is 20.8 Å². The molecule has 0 rings (SSSR count). The Balaban J connectivity index is 0. The smallest absolute Gasteiger partial charge is 0.407 e. The van der Waals surface area contributed by atoms with Crippen LogP contribution in [0.25, 0.3) is 0 Å². The summed E-state index contributed by atoms with van der Waals surface area (Å²) in [7, 11) is 2.74. The second-order valence-electron chi connectivity index (χ2n) is 3.80. The monoisotopic (exact) mass is 234 g/mol. The lowest BCUT2D eigenvalue weighted by molar-refractivity contribution is -0.112. The summed E-state index contributed by atoms with van der Waals surface area (Å²) in [5.41, 5.74) is 4.17. The molecule has 0 saturated heterocycles. The zero-order valence-corrected chi connectivity index (χ0v) is 10.6. The number of alkyl carbamates (subject to hydrolysis) is 1. The van der Waals surface area contributed by atoms with Gasteiger partial charge in [0.05, 0.1) is 19.3 Å². The number of amides is 1. The van der Waals surface area contributed by atoms with E-state index in [4.69, 9.17) is 4.74 Å². The van der Waals surface area contributed by atoms with Crippen LogP contribution in [0.5, 0.6) is 0 Å². The molecule has 0 aliphatic heterocycles. The van der Waals surface area contributed by atoms with Crippen molar-refractivity contribution in [3.8, 4) is 0 Å². The van der Waals surface area contributed by atoms with Gasteiger partial charge in [0, 0.05) is 0 Å². The summed E-state index contributed by atoms with van der Waals surface area (Å²) in [5, 5.41) is 2.33. The predicted molar refractivity (Wildman–Crippen MR) is 61.2 cm³/mol. The molecule has 1 amide bonds. The maximum atomic E-state index is 10.8. The Hall–Kier alpha value is -1.14. The summed E-state index contributed by atoms with van der Waals surface area (Å²) in [5.74, 6) is 0. The minimum absolute atomic E-state index is 0.141. The van der Waals surface area contributed by atoms with Crippen LogP contribution in [0, 0.1) is 0 Å². The van der Waals surface area contributed by atoms with Gasteiger partial charge in [0.15, 0.2) is 0 Å². The minimum Gasteiger partial charge on any atom is -0.453 e. The van der Waals surface area contributed by atoms with Gasteiger partial charge in [-0.2, -0.15) is 0 Å². The predicted octanol–water partition coefficient (Wildman–Crippen LogP) is 0.300. The van der Waals surface area contributed by atoms with Gasteiger partial charge in [-0.3, -0.25) is 0 Å². The van der Waals surface area contributed by atoms with Crippen LogP contribution in [0.3, 0.4) is 0 Å². The number of aldehydes is 1. The van der Waals surface area contributed by atoms with Gasteiger partial charge in [-0.25, -0.2) is 4.79 Å². The summed E-state index contributed by atoms with van der Waals surface area (Å²) in [6.07, 6.45) is -0.0255. The lowest BCUT2D eigenvalue weighted by Crippen LogP contribution is -2.41. The van der Waals surface area contributed by atoms with Gasteiger partial charge in [-0.05, 0) is 27.8 Å². The second-order valence-corrected chi connectivity index (χ2v) is 3.80. The van der Waals surface area contributed by atoms with Crippen LogP contribution in [0.15, 0.2) is 0 Å². The van der Waals surface area contributed by atoms with E-state index in [0.717, 1.165) is 0 Å². The van der Waals surface area contributed by atoms with Gasteiger partial charge >= 0.3 is 6.09 Å². The molecule has 0 aliphatic carbocycles. The first-order valence-electron chi connectivity index (χ1n) is 4.90. The van der Waals surface area contributed by atoms with Gasteiger partial charge < -0.3 is 25.3 Å². The molecule has 3 N–H and O–H groups in total. The van der Waals surface area contributed by atoms with Crippen molar-refractivity contribution in [1.82, 2.24) is 5.32 Å². The Kier molecular flexibility index (Phi) is 9.83. The Morgan fingerprint density at radius 3 is 2.25 bits per heavy atom. The molecule has 0 fully saturated rings. The maximum absolute atomic E-state index is 10.8. The molecule has 0 bridgehead atoms.